The van der Waals surface area contributed by atoms with Gasteiger partial charge in [0.25, 0.3) is 5.91 Å². The maximum Gasteiger partial charge on any atom is 0.275 e. The Morgan fingerprint density at radius 1 is 1.33 bits per heavy atom. The fourth-order valence-corrected chi connectivity index (χ4v) is 5.67. The van der Waals surface area contributed by atoms with E-state index in [1.54, 1.807) is 41.1 Å². The number of aromatic nitrogens is 2. The highest BCUT2D eigenvalue weighted by atomic mass is 35.5. The summed E-state index contributed by atoms with van der Waals surface area (Å²) in [6.07, 6.45) is 6.00. The first-order valence-corrected chi connectivity index (χ1v) is 11.0. The van der Waals surface area contributed by atoms with Crippen LogP contribution in [0.4, 0.5) is 10.1 Å². The van der Waals surface area contributed by atoms with E-state index in [-0.39, 0.29) is 23.3 Å². The molecule has 0 unspecified atom stereocenters. The van der Waals surface area contributed by atoms with Crippen LogP contribution < -0.4 is 11.1 Å². The van der Waals surface area contributed by atoms with Crippen molar-refractivity contribution in [2.24, 2.45) is 16.6 Å². The minimum Gasteiger partial charge on any atom is -0.379 e. The van der Waals surface area contributed by atoms with Crippen LogP contribution in [0.2, 0.25) is 5.02 Å². The molecule has 6 nitrogen and oxygen atoms in total. The monoisotopic (exact) mass is 443 g/mol. The smallest absolute Gasteiger partial charge is 0.275 e. The predicted molar refractivity (Wildman–Crippen MR) is 118 cm³/mol. The Morgan fingerprint density at radius 3 is 3.07 bits per heavy atom. The van der Waals surface area contributed by atoms with Gasteiger partial charge >= 0.3 is 0 Å². The van der Waals surface area contributed by atoms with Gasteiger partial charge in [0.05, 0.1) is 10.6 Å². The lowest BCUT2D eigenvalue weighted by atomic mass is 9.81. The number of carbonyl (C=O) groups excluding carboxylic acids is 1. The average molecular weight is 444 g/mol. The first kappa shape index (κ1) is 19.4. The largest absolute Gasteiger partial charge is 0.379 e. The van der Waals surface area contributed by atoms with Crippen LogP contribution in [-0.2, 0) is 5.54 Å². The van der Waals surface area contributed by atoms with Crippen molar-refractivity contribution in [2.75, 3.05) is 11.1 Å². The van der Waals surface area contributed by atoms with Gasteiger partial charge in [-0.05, 0) is 49.1 Å². The van der Waals surface area contributed by atoms with Crippen LogP contribution >= 0.6 is 23.4 Å². The second-order valence-electron chi connectivity index (χ2n) is 7.66. The minimum absolute atomic E-state index is 0.235. The summed E-state index contributed by atoms with van der Waals surface area (Å²) in [5.41, 5.74) is 7.20. The summed E-state index contributed by atoms with van der Waals surface area (Å²) in [5.74, 6) is 0.356. The molecule has 2 aliphatic rings. The lowest BCUT2D eigenvalue weighted by Crippen LogP contribution is -2.37. The maximum absolute atomic E-state index is 14.9. The van der Waals surface area contributed by atoms with Gasteiger partial charge in [-0.15, -0.1) is 0 Å². The Labute approximate surface area is 181 Å². The van der Waals surface area contributed by atoms with Crippen LogP contribution in [-0.4, -0.2) is 26.2 Å². The first-order chi connectivity index (χ1) is 14.4. The van der Waals surface area contributed by atoms with E-state index in [0.717, 1.165) is 25.0 Å². The molecule has 0 radical (unpaired) electrons. The van der Waals surface area contributed by atoms with Gasteiger partial charge in [-0.2, -0.15) is 0 Å². The number of hydrogen-bond donors (Lipinski definition) is 2. The number of hydrogen-bond acceptors (Lipinski definition) is 5. The van der Waals surface area contributed by atoms with E-state index in [1.807, 2.05) is 0 Å². The number of rotatable bonds is 3. The van der Waals surface area contributed by atoms with Gasteiger partial charge in [0.1, 0.15) is 17.2 Å². The molecule has 0 bridgehead atoms. The summed E-state index contributed by atoms with van der Waals surface area (Å²) in [6, 6.07) is 8.06. The molecule has 1 fully saturated rings. The molecule has 154 valence electrons. The van der Waals surface area contributed by atoms with Crippen LogP contribution in [0.1, 0.15) is 35.3 Å². The van der Waals surface area contributed by atoms with Gasteiger partial charge < -0.3 is 15.5 Å². The zero-order valence-electron chi connectivity index (χ0n) is 15.9. The second-order valence-corrected chi connectivity index (χ2v) is 9.14. The first-order valence-electron chi connectivity index (χ1n) is 9.68. The topological polar surface area (TPSA) is 84.8 Å². The number of imidazole rings is 1. The number of nitrogens with two attached hydrogens (primary N) is 1. The average Bonchev–Trinajstić information content (AvgIpc) is 3.33. The highest BCUT2D eigenvalue weighted by Crippen LogP contribution is 2.51. The number of amides is 1. The normalized spacial score (nSPS) is 23.3. The Bertz CT molecular complexity index is 1200. The molecule has 3 heterocycles. The van der Waals surface area contributed by atoms with Gasteiger partial charge in [0, 0.05) is 29.4 Å². The number of nitrogens with zero attached hydrogens (tertiary/aromatic N) is 3. The Morgan fingerprint density at radius 2 is 2.20 bits per heavy atom. The highest BCUT2D eigenvalue weighted by Gasteiger charge is 2.48. The van der Waals surface area contributed by atoms with Crippen LogP contribution in [0.3, 0.4) is 0 Å². The summed E-state index contributed by atoms with van der Waals surface area (Å²) in [6.45, 7) is 0. The fraction of sp³-hybridized carbons (Fsp3) is 0.286. The van der Waals surface area contributed by atoms with E-state index in [1.165, 1.54) is 17.8 Å². The molecule has 5 rings (SSSR count). The van der Waals surface area contributed by atoms with E-state index in [4.69, 9.17) is 22.3 Å². The van der Waals surface area contributed by atoms with E-state index >= 15 is 0 Å². The molecule has 30 heavy (non-hydrogen) atoms. The number of halogens is 2. The zero-order chi connectivity index (χ0) is 20.9. The quantitative estimate of drug-likeness (QED) is 0.626. The summed E-state index contributed by atoms with van der Waals surface area (Å²) >= 11 is 7.52. The molecule has 2 atom stereocenters. The number of thioether (sulfide) groups is 1. The van der Waals surface area contributed by atoms with Crippen molar-refractivity contribution in [3.63, 3.8) is 0 Å². The van der Waals surface area contributed by atoms with E-state index in [2.05, 4.69) is 10.3 Å². The summed E-state index contributed by atoms with van der Waals surface area (Å²) in [4.78, 5) is 21.8. The van der Waals surface area contributed by atoms with Gasteiger partial charge in [-0.25, -0.2) is 9.37 Å². The Kier molecular flexibility index (Phi) is 4.71. The van der Waals surface area contributed by atoms with Crippen LogP contribution in [0.15, 0.2) is 47.7 Å². The molecule has 1 aromatic carbocycles. The number of fused-ring (bicyclic) bond motifs is 2. The van der Waals surface area contributed by atoms with Crippen molar-refractivity contribution in [1.29, 1.82) is 0 Å². The lowest BCUT2D eigenvalue weighted by molar-refractivity contribution is 0.102. The molecular formula is C21H19ClFN5OS. The Balaban J connectivity index is 1.47. The van der Waals surface area contributed by atoms with Crippen LogP contribution in [0, 0.1) is 11.7 Å². The van der Waals surface area contributed by atoms with Crippen LogP contribution in [0.5, 0.6) is 0 Å². The van der Waals surface area contributed by atoms with E-state index in [9.17, 15) is 9.18 Å². The standard InChI is InChI=1S/C21H19ClFN5OS/c22-13-3-6-18-26-17(10-28(18)9-13)19(29)25-14-4-5-16(23)15(8-14)21-7-1-2-12(21)11-30-20(24)27-21/h3-6,8-10,12H,1-2,7,11H2,(H2,24,27)(H,25,29)/t12-,21-/m0/s1. The Hall–Kier alpha value is -2.58. The van der Waals surface area contributed by atoms with E-state index in [0.29, 0.717) is 27.1 Å². The summed E-state index contributed by atoms with van der Waals surface area (Å²) in [5, 5.41) is 3.87. The number of anilines is 1. The number of carbonyl (C=O) groups is 1. The number of pyridine rings is 1. The molecule has 3 N–H and O–H groups in total. The van der Waals surface area contributed by atoms with Crippen molar-refractivity contribution in [3.8, 4) is 0 Å². The molecule has 3 aromatic rings. The third kappa shape index (κ3) is 3.24. The third-order valence-corrected chi connectivity index (χ3v) is 7.05. The molecule has 0 saturated heterocycles. The lowest BCUT2D eigenvalue weighted by Gasteiger charge is -2.36. The third-order valence-electron chi connectivity index (χ3n) is 5.87. The zero-order valence-corrected chi connectivity index (χ0v) is 17.5. The van der Waals surface area contributed by atoms with Crippen molar-refractivity contribution < 1.29 is 9.18 Å². The molecule has 1 amide bonds. The molecule has 1 aliphatic heterocycles. The number of benzene rings is 1. The van der Waals surface area contributed by atoms with Crippen molar-refractivity contribution in [3.05, 3.63) is 64.8 Å². The number of aliphatic imine (C=N–C) groups is 1. The minimum atomic E-state index is -0.653. The second kappa shape index (κ2) is 7.28. The van der Waals surface area contributed by atoms with Gasteiger partial charge in [0.15, 0.2) is 5.17 Å². The van der Waals surface area contributed by atoms with Gasteiger partial charge in [0.2, 0.25) is 0 Å². The van der Waals surface area contributed by atoms with Crippen molar-refractivity contribution in [2.45, 2.75) is 24.8 Å². The fourth-order valence-electron chi connectivity index (χ4n) is 4.46. The molecule has 0 spiro atoms. The van der Waals surface area contributed by atoms with Crippen LogP contribution in [0.25, 0.3) is 5.65 Å². The predicted octanol–water partition coefficient (Wildman–Crippen LogP) is 4.44. The molecule has 1 aliphatic carbocycles. The van der Waals surface area contributed by atoms with Crippen molar-refractivity contribution in [1.82, 2.24) is 9.38 Å². The summed E-state index contributed by atoms with van der Waals surface area (Å²) < 4.78 is 16.6. The number of amidine groups is 1. The molecule has 2 aromatic heterocycles. The van der Waals surface area contributed by atoms with E-state index < -0.39 is 5.54 Å². The molecule has 9 heteroatoms. The molecular weight excluding hydrogens is 425 g/mol. The van der Waals surface area contributed by atoms with Crippen molar-refractivity contribution >= 4 is 45.8 Å². The maximum atomic E-state index is 14.9. The SMILES string of the molecule is NC1=N[C@@]2(c3cc(NC(=O)c4cn5cc(Cl)ccc5n4)ccc3F)CCC[C@H]2CS1. The van der Waals surface area contributed by atoms with Gasteiger partial charge in [-0.3, -0.25) is 9.79 Å². The summed E-state index contributed by atoms with van der Waals surface area (Å²) in [7, 11) is 0. The molecule has 1 saturated carbocycles. The van der Waals surface area contributed by atoms with Gasteiger partial charge in [-0.1, -0.05) is 29.8 Å². The highest BCUT2D eigenvalue weighted by molar-refractivity contribution is 8.13. The number of nitrogens with one attached hydrogen (secondary N) is 1.